The van der Waals surface area contributed by atoms with Gasteiger partial charge in [0.05, 0.1) is 11.1 Å². The van der Waals surface area contributed by atoms with Gasteiger partial charge in [0.1, 0.15) is 12.4 Å². The maximum atomic E-state index is 13.3. The maximum Gasteiger partial charge on any atom is 0.335 e. The van der Waals surface area contributed by atoms with Gasteiger partial charge in [0.2, 0.25) is 0 Å². The van der Waals surface area contributed by atoms with E-state index in [0.29, 0.717) is 17.4 Å². The Balaban J connectivity index is 1.53. The summed E-state index contributed by atoms with van der Waals surface area (Å²) in [6, 6.07) is 21.0. The molecule has 35 heavy (non-hydrogen) atoms. The van der Waals surface area contributed by atoms with E-state index in [2.05, 4.69) is 24.1 Å². The summed E-state index contributed by atoms with van der Waals surface area (Å²) in [5.74, 6) is -0.422. The van der Waals surface area contributed by atoms with Gasteiger partial charge in [-0.2, -0.15) is 0 Å². The lowest BCUT2D eigenvalue weighted by molar-refractivity contribution is -0.118. The highest BCUT2D eigenvalue weighted by Crippen LogP contribution is 2.26. The first-order chi connectivity index (χ1) is 16.9. The smallest absolute Gasteiger partial charge is 0.335 e. The first-order valence-corrected chi connectivity index (χ1v) is 12.1. The van der Waals surface area contributed by atoms with Gasteiger partial charge in [0, 0.05) is 30.6 Å². The Bertz CT molecular complexity index is 1200. The fraction of sp³-hybridized carbons (Fsp3) is 0.310. The Labute approximate surface area is 206 Å². The highest BCUT2D eigenvalue weighted by Gasteiger charge is 2.23. The molecule has 4 rings (SSSR count). The van der Waals surface area contributed by atoms with Crippen LogP contribution in [0, 0.1) is 0 Å². The van der Waals surface area contributed by atoms with Crippen molar-refractivity contribution in [1.29, 1.82) is 0 Å². The number of nitrogens with zero attached hydrogens (tertiary/aromatic N) is 1. The lowest BCUT2D eigenvalue weighted by Gasteiger charge is -2.35. The molecule has 0 atom stereocenters. The van der Waals surface area contributed by atoms with Crippen LogP contribution in [0.15, 0.2) is 72.3 Å². The molecular weight excluding hydrogens is 440 g/mol. The zero-order valence-corrected chi connectivity index (χ0v) is 20.2. The van der Waals surface area contributed by atoms with Gasteiger partial charge in [0.25, 0.3) is 5.91 Å². The quantitative estimate of drug-likeness (QED) is 0.452. The average Bonchev–Trinajstić information content (AvgIpc) is 2.87. The Morgan fingerprint density at radius 2 is 1.71 bits per heavy atom. The second-order valence-corrected chi connectivity index (χ2v) is 9.24. The van der Waals surface area contributed by atoms with Crippen LogP contribution in [0.1, 0.15) is 42.6 Å². The van der Waals surface area contributed by atoms with Crippen molar-refractivity contribution in [3.63, 3.8) is 0 Å². The fourth-order valence-corrected chi connectivity index (χ4v) is 4.41. The summed E-state index contributed by atoms with van der Waals surface area (Å²) in [6.07, 6.45) is 3.60. The van der Waals surface area contributed by atoms with Crippen molar-refractivity contribution in [3.05, 3.63) is 83.4 Å². The van der Waals surface area contributed by atoms with Gasteiger partial charge in [-0.15, -0.1) is 0 Å². The van der Waals surface area contributed by atoms with Gasteiger partial charge < -0.3 is 20.1 Å². The minimum atomic E-state index is -0.981. The van der Waals surface area contributed by atoms with E-state index in [1.54, 1.807) is 18.2 Å². The molecule has 0 aliphatic carbocycles. The molecule has 1 amide bonds. The third-order valence-corrected chi connectivity index (χ3v) is 6.52. The zero-order valence-electron chi connectivity index (χ0n) is 20.2. The molecule has 0 spiro atoms. The van der Waals surface area contributed by atoms with Crippen molar-refractivity contribution in [2.45, 2.75) is 38.8 Å². The van der Waals surface area contributed by atoms with Gasteiger partial charge in [-0.25, -0.2) is 4.79 Å². The van der Waals surface area contributed by atoms with Gasteiger partial charge in [-0.3, -0.25) is 4.79 Å². The molecule has 1 aliphatic rings. The van der Waals surface area contributed by atoms with E-state index in [1.807, 2.05) is 42.5 Å². The second kappa shape index (κ2) is 11.2. The first kappa shape index (κ1) is 24.5. The van der Waals surface area contributed by atoms with Crippen molar-refractivity contribution in [2.75, 3.05) is 19.7 Å². The number of carbonyl (C=O) groups excluding carboxylic acids is 1. The third kappa shape index (κ3) is 6.28. The van der Waals surface area contributed by atoms with E-state index in [1.165, 1.54) is 12.1 Å². The van der Waals surface area contributed by atoms with E-state index in [9.17, 15) is 14.7 Å². The van der Waals surface area contributed by atoms with Crippen LogP contribution in [0.2, 0.25) is 0 Å². The Hall–Kier alpha value is -3.64. The number of carbonyl (C=O) groups is 2. The van der Waals surface area contributed by atoms with Crippen LogP contribution in [0.4, 0.5) is 0 Å². The molecule has 3 aromatic carbocycles. The lowest BCUT2D eigenvalue weighted by Crippen LogP contribution is -2.47. The summed E-state index contributed by atoms with van der Waals surface area (Å²) in [5, 5.41) is 14.4. The lowest BCUT2D eigenvalue weighted by atomic mass is 10.0. The molecule has 0 aromatic heterocycles. The number of ether oxygens (including phenoxy) is 1. The largest absolute Gasteiger partial charge is 0.488 e. The van der Waals surface area contributed by atoms with Crippen molar-refractivity contribution < 1.29 is 19.4 Å². The van der Waals surface area contributed by atoms with Crippen LogP contribution in [0.25, 0.3) is 16.8 Å². The Kier molecular flexibility index (Phi) is 7.83. The number of hydrogen-bond acceptors (Lipinski definition) is 4. The molecule has 6 heteroatoms. The van der Waals surface area contributed by atoms with Crippen LogP contribution in [-0.2, 0) is 4.79 Å². The highest BCUT2D eigenvalue weighted by atomic mass is 16.5. The fourth-order valence-electron chi connectivity index (χ4n) is 4.41. The topological polar surface area (TPSA) is 78.9 Å². The van der Waals surface area contributed by atoms with Gasteiger partial charge in [-0.1, -0.05) is 48.5 Å². The van der Waals surface area contributed by atoms with Crippen LogP contribution in [-0.4, -0.2) is 53.7 Å². The number of hydrogen-bond donors (Lipinski definition) is 2. The molecule has 2 N–H and O–H groups in total. The number of nitrogens with one attached hydrogen (secondary N) is 1. The minimum Gasteiger partial charge on any atom is -0.488 e. The summed E-state index contributed by atoms with van der Waals surface area (Å²) >= 11 is 0. The summed E-state index contributed by atoms with van der Waals surface area (Å²) in [6.45, 7) is 6.42. The van der Waals surface area contributed by atoms with Gasteiger partial charge >= 0.3 is 5.97 Å². The van der Waals surface area contributed by atoms with Crippen LogP contribution >= 0.6 is 0 Å². The molecule has 1 fully saturated rings. The minimum absolute atomic E-state index is 0.103. The molecule has 1 heterocycles. The summed E-state index contributed by atoms with van der Waals surface area (Å²) in [5.41, 5.74) is 1.45. The van der Waals surface area contributed by atoms with Crippen molar-refractivity contribution in [1.82, 2.24) is 10.2 Å². The average molecular weight is 473 g/mol. The SMILES string of the molecule is CC(C)N1CCC(NC(=O)/C(=C/c2ccc(C(=O)O)cc2)COc2cccc3ccccc23)CC1. The Morgan fingerprint density at radius 1 is 1.03 bits per heavy atom. The van der Waals surface area contributed by atoms with E-state index < -0.39 is 5.97 Å². The van der Waals surface area contributed by atoms with E-state index >= 15 is 0 Å². The number of benzene rings is 3. The number of piperidine rings is 1. The monoisotopic (exact) mass is 472 g/mol. The van der Waals surface area contributed by atoms with Crippen molar-refractivity contribution >= 4 is 28.7 Å². The molecular formula is C29H32N2O4. The summed E-state index contributed by atoms with van der Waals surface area (Å²) in [4.78, 5) is 26.9. The number of likely N-dealkylation sites (tertiary alicyclic amines) is 1. The number of carboxylic acid groups (broad SMARTS) is 1. The maximum absolute atomic E-state index is 13.3. The van der Waals surface area contributed by atoms with Crippen molar-refractivity contribution in [2.24, 2.45) is 0 Å². The normalized spacial score (nSPS) is 15.3. The number of rotatable bonds is 8. The molecule has 0 radical (unpaired) electrons. The van der Waals surface area contributed by atoms with Gasteiger partial charge in [-0.05, 0) is 61.9 Å². The first-order valence-electron chi connectivity index (χ1n) is 12.1. The van der Waals surface area contributed by atoms with Crippen LogP contribution < -0.4 is 10.1 Å². The molecule has 0 unspecified atom stereocenters. The molecule has 0 saturated carbocycles. The molecule has 0 bridgehead atoms. The second-order valence-electron chi connectivity index (χ2n) is 9.24. The van der Waals surface area contributed by atoms with E-state index in [0.717, 1.165) is 42.3 Å². The summed E-state index contributed by atoms with van der Waals surface area (Å²) in [7, 11) is 0. The number of aromatic carboxylic acids is 1. The Morgan fingerprint density at radius 3 is 2.40 bits per heavy atom. The number of carboxylic acids is 1. The summed E-state index contributed by atoms with van der Waals surface area (Å²) < 4.78 is 6.14. The highest BCUT2D eigenvalue weighted by molar-refractivity contribution is 5.98. The molecule has 3 aromatic rings. The number of fused-ring (bicyclic) bond motifs is 1. The standard InChI is InChI=1S/C29H32N2O4/c1-20(2)31-16-14-25(15-17-31)30-28(32)24(18-21-10-12-23(13-11-21)29(33)34)19-35-27-9-5-7-22-6-3-4-8-26(22)27/h3-13,18,20,25H,14-17,19H2,1-2H3,(H,30,32)(H,33,34)/b24-18+. The van der Waals surface area contributed by atoms with Crippen molar-refractivity contribution in [3.8, 4) is 5.75 Å². The predicted molar refractivity (Wildman–Crippen MR) is 139 cm³/mol. The van der Waals surface area contributed by atoms with Gasteiger partial charge in [0.15, 0.2) is 0 Å². The molecule has 1 aliphatic heterocycles. The third-order valence-electron chi connectivity index (χ3n) is 6.52. The van der Waals surface area contributed by atoms with Crippen LogP contribution in [0.5, 0.6) is 5.75 Å². The zero-order chi connectivity index (χ0) is 24.8. The molecule has 1 saturated heterocycles. The van der Waals surface area contributed by atoms with Crippen LogP contribution in [0.3, 0.4) is 0 Å². The predicted octanol–water partition coefficient (Wildman–Crippen LogP) is 4.99. The van der Waals surface area contributed by atoms with E-state index in [-0.39, 0.29) is 24.1 Å². The molecule has 6 nitrogen and oxygen atoms in total. The molecule has 182 valence electrons. The van der Waals surface area contributed by atoms with E-state index in [4.69, 9.17) is 4.74 Å². The number of amides is 1.